The third kappa shape index (κ3) is 6.00. The van der Waals surface area contributed by atoms with Crippen LogP contribution in [0.3, 0.4) is 0 Å². The Hall–Kier alpha value is -2.11. The van der Waals surface area contributed by atoms with Crippen LogP contribution in [0.2, 0.25) is 0 Å². The number of hydrogen-bond donors (Lipinski definition) is 2. The predicted molar refractivity (Wildman–Crippen MR) is 109 cm³/mol. The molecule has 1 saturated heterocycles. The minimum Gasteiger partial charge on any atom is -0.497 e. The number of guanidine groups is 1. The summed E-state index contributed by atoms with van der Waals surface area (Å²) in [6.45, 7) is 9.60. The molecule has 26 heavy (non-hydrogen) atoms. The van der Waals surface area contributed by atoms with E-state index in [4.69, 9.17) is 9.47 Å². The second-order valence-electron chi connectivity index (χ2n) is 7.96. The average molecular weight is 363 g/mol. The minimum absolute atomic E-state index is 0.321. The van der Waals surface area contributed by atoms with Crippen LogP contribution in [0.25, 0.3) is 0 Å². The summed E-state index contributed by atoms with van der Waals surface area (Å²) in [5.74, 6) is 2.51. The quantitative estimate of drug-likeness (QED) is 0.602. The Bertz CT molecular complexity index is 588. The molecular formula is C20H34N4O2. The second-order valence-corrected chi connectivity index (χ2v) is 7.96. The van der Waals surface area contributed by atoms with Gasteiger partial charge in [0.2, 0.25) is 0 Å². The van der Waals surface area contributed by atoms with Gasteiger partial charge in [0.05, 0.1) is 14.2 Å². The molecule has 1 atom stereocenters. The number of rotatable bonds is 6. The molecule has 146 valence electrons. The predicted octanol–water partition coefficient (Wildman–Crippen LogP) is 2.88. The summed E-state index contributed by atoms with van der Waals surface area (Å²) in [6.07, 6.45) is 2.17. The summed E-state index contributed by atoms with van der Waals surface area (Å²) in [7, 11) is 5.19. The smallest absolute Gasteiger partial charge is 0.191 e. The fraction of sp³-hybridized carbons (Fsp3) is 0.650. The van der Waals surface area contributed by atoms with Gasteiger partial charge in [0.15, 0.2) is 5.96 Å². The second kappa shape index (κ2) is 9.01. The van der Waals surface area contributed by atoms with Gasteiger partial charge >= 0.3 is 0 Å². The van der Waals surface area contributed by atoms with Crippen molar-refractivity contribution in [1.82, 2.24) is 10.6 Å². The van der Waals surface area contributed by atoms with Crippen LogP contribution in [0.4, 0.5) is 5.69 Å². The molecule has 1 unspecified atom stereocenters. The molecule has 2 N–H and O–H groups in total. The van der Waals surface area contributed by atoms with Crippen molar-refractivity contribution in [3.63, 3.8) is 0 Å². The van der Waals surface area contributed by atoms with E-state index in [0.717, 1.165) is 55.6 Å². The van der Waals surface area contributed by atoms with Crippen molar-refractivity contribution in [2.24, 2.45) is 10.4 Å². The molecule has 0 amide bonds. The fourth-order valence-electron chi connectivity index (χ4n) is 3.03. The van der Waals surface area contributed by atoms with Gasteiger partial charge in [0.25, 0.3) is 0 Å². The molecule has 6 nitrogen and oxygen atoms in total. The van der Waals surface area contributed by atoms with Gasteiger partial charge in [-0.1, -0.05) is 20.8 Å². The lowest BCUT2D eigenvalue weighted by molar-refractivity contribution is 0.377. The maximum atomic E-state index is 5.39. The first-order valence-electron chi connectivity index (χ1n) is 9.30. The number of ether oxygens (including phenoxy) is 2. The summed E-state index contributed by atoms with van der Waals surface area (Å²) in [5, 5.41) is 6.97. The standard InChI is InChI=1S/C20H34N4O2/c1-20(2,3)8-9-22-19(21-4)23-15-7-10-24(14-15)16-11-17(25-5)13-18(12-16)26-6/h11-13,15H,7-10,14H2,1-6H3,(H2,21,22,23). The Morgan fingerprint density at radius 2 is 1.85 bits per heavy atom. The van der Waals surface area contributed by atoms with Crippen molar-refractivity contribution >= 4 is 11.6 Å². The Labute approximate surface area is 158 Å². The molecule has 0 aliphatic carbocycles. The lowest BCUT2D eigenvalue weighted by atomic mass is 9.92. The van der Waals surface area contributed by atoms with Crippen LogP contribution in [0.1, 0.15) is 33.6 Å². The largest absolute Gasteiger partial charge is 0.497 e. The highest BCUT2D eigenvalue weighted by Gasteiger charge is 2.24. The molecule has 0 spiro atoms. The molecule has 2 rings (SSSR count). The van der Waals surface area contributed by atoms with Gasteiger partial charge in [-0.3, -0.25) is 4.99 Å². The van der Waals surface area contributed by atoms with E-state index in [9.17, 15) is 0 Å². The van der Waals surface area contributed by atoms with E-state index < -0.39 is 0 Å². The van der Waals surface area contributed by atoms with E-state index in [1.54, 1.807) is 14.2 Å². The number of anilines is 1. The van der Waals surface area contributed by atoms with Crippen molar-refractivity contribution in [2.45, 2.75) is 39.7 Å². The first-order chi connectivity index (χ1) is 12.3. The number of methoxy groups -OCH3 is 2. The van der Waals surface area contributed by atoms with Crippen LogP contribution in [0.5, 0.6) is 11.5 Å². The van der Waals surface area contributed by atoms with Crippen molar-refractivity contribution in [1.29, 1.82) is 0 Å². The maximum Gasteiger partial charge on any atom is 0.191 e. The van der Waals surface area contributed by atoms with E-state index in [1.165, 1.54) is 0 Å². The summed E-state index contributed by atoms with van der Waals surface area (Å²) < 4.78 is 10.8. The number of nitrogens with zero attached hydrogens (tertiary/aromatic N) is 2. The Morgan fingerprint density at radius 3 is 2.38 bits per heavy atom. The van der Waals surface area contributed by atoms with Crippen molar-refractivity contribution in [3.05, 3.63) is 18.2 Å². The van der Waals surface area contributed by atoms with E-state index >= 15 is 0 Å². The SMILES string of the molecule is CN=C(NCCC(C)(C)C)NC1CCN(c2cc(OC)cc(OC)c2)C1. The fourth-order valence-corrected chi connectivity index (χ4v) is 3.03. The van der Waals surface area contributed by atoms with Crippen LogP contribution in [0.15, 0.2) is 23.2 Å². The molecule has 6 heteroatoms. The van der Waals surface area contributed by atoms with E-state index in [-0.39, 0.29) is 0 Å². The van der Waals surface area contributed by atoms with Gasteiger partial charge in [0, 0.05) is 56.6 Å². The van der Waals surface area contributed by atoms with Crippen LogP contribution in [-0.4, -0.2) is 52.9 Å². The minimum atomic E-state index is 0.321. The molecule has 0 bridgehead atoms. The molecule has 1 aliphatic heterocycles. The molecule has 0 saturated carbocycles. The summed E-state index contributed by atoms with van der Waals surface area (Å²) in [6, 6.07) is 6.38. The first-order valence-corrected chi connectivity index (χ1v) is 9.30. The van der Waals surface area contributed by atoms with Crippen LogP contribution >= 0.6 is 0 Å². The van der Waals surface area contributed by atoms with Gasteiger partial charge in [-0.15, -0.1) is 0 Å². The van der Waals surface area contributed by atoms with Crippen LogP contribution < -0.4 is 25.0 Å². The first kappa shape index (κ1) is 20.2. The Morgan fingerprint density at radius 1 is 1.19 bits per heavy atom. The topological polar surface area (TPSA) is 58.1 Å². The lowest BCUT2D eigenvalue weighted by Gasteiger charge is -2.22. The maximum absolute atomic E-state index is 5.39. The van der Waals surface area contributed by atoms with Crippen molar-refractivity contribution < 1.29 is 9.47 Å². The Kier molecular flexibility index (Phi) is 7.00. The highest BCUT2D eigenvalue weighted by Crippen LogP contribution is 2.30. The molecule has 1 aromatic carbocycles. The van der Waals surface area contributed by atoms with E-state index in [1.807, 2.05) is 13.1 Å². The van der Waals surface area contributed by atoms with Gasteiger partial charge in [-0.05, 0) is 18.3 Å². The molecule has 0 radical (unpaired) electrons. The zero-order valence-electron chi connectivity index (χ0n) is 17.1. The van der Waals surface area contributed by atoms with Crippen molar-refractivity contribution in [3.8, 4) is 11.5 Å². The van der Waals surface area contributed by atoms with Gasteiger partial charge in [0.1, 0.15) is 11.5 Å². The highest BCUT2D eigenvalue weighted by molar-refractivity contribution is 5.80. The molecular weight excluding hydrogens is 328 g/mol. The average Bonchev–Trinajstić information content (AvgIpc) is 3.07. The third-order valence-corrected chi connectivity index (χ3v) is 4.62. The van der Waals surface area contributed by atoms with Gasteiger partial charge < -0.3 is 25.0 Å². The van der Waals surface area contributed by atoms with Gasteiger partial charge in [-0.2, -0.15) is 0 Å². The lowest BCUT2D eigenvalue weighted by Crippen LogP contribution is -2.45. The molecule has 1 aliphatic rings. The molecule has 1 fully saturated rings. The number of aliphatic imine (C=N–C) groups is 1. The van der Waals surface area contributed by atoms with E-state index in [0.29, 0.717) is 11.5 Å². The van der Waals surface area contributed by atoms with Crippen LogP contribution in [-0.2, 0) is 0 Å². The number of nitrogens with one attached hydrogen (secondary N) is 2. The zero-order valence-corrected chi connectivity index (χ0v) is 17.1. The van der Waals surface area contributed by atoms with Crippen LogP contribution in [0, 0.1) is 5.41 Å². The monoisotopic (exact) mass is 362 g/mol. The summed E-state index contributed by atoms with van der Waals surface area (Å²) >= 11 is 0. The third-order valence-electron chi connectivity index (χ3n) is 4.62. The van der Waals surface area contributed by atoms with Crippen molar-refractivity contribution in [2.75, 3.05) is 45.8 Å². The summed E-state index contributed by atoms with van der Waals surface area (Å²) in [5.41, 5.74) is 1.45. The number of benzene rings is 1. The highest BCUT2D eigenvalue weighted by atomic mass is 16.5. The Balaban J connectivity index is 1.91. The van der Waals surface area contributed by atoms with E-state index in [2.05, 4.69) is 53.4 Å². The molecule has 1 aromatic rings. The van der Waals surface area contributed by atoms with Gasteiger partial charge in [-0.25, -0.2) is 0 Å². The number of hydrogen-bond acceptors (Lipinski definition) is 4. The molecule has 1 heterocycles. The normalized spacial score (nSPS) is 18.0. The zero-order chi connectivity index (χ0) is 19.2. The molecule has 0 aromatic heterocycles. The summed E-state index contributed by atoms with van der Waals surface area (Å²) in [4.78, 5) is 6.71.